The van der Waals surface area contributed by atoms with Crippen molar-refractivity contribution in [3.8, 4) is 0 Å². The normalized spacial score (nSPS) is 27.1. The second-order valence-electron chi connectivity index (χ2n) is 3.96. The van der Waals surface area contributed by atoms with Gasteiger partial charge >= 0.3 is 0 Å². The van der Waals surface area contributed by atoms with Crippen LogP contribution < -0.4 is 0 Å². The molecule has 0 amide bonds. The van der Waals surface area contributed by atoms with E-state index in [1.54, 1.807) is 0 Å². The summed E-state index contributed by atoms with van der Waals surface area (Å²) in [6.07, 6.45) is 4.46. The highest BCUT2D eigenvalue weighted by molar-refractivity contribution is 5.53. The molecule has 0 aliphatic carbocycles. The van der Waals surface area contributed by atoms with Gasteiger partial charge in [-0.05, 0) is 46.2 Å². The Kier molecular flexibility index (Phi) is 3.73. The SMILES string of the molecule is CC(C)N1CCC[C@H](C=O)CC1. The molecule has 12 heavy (non-hydrogen) atoms. The van der Waals surface area contributed by atoms with Gasteiger partial charge < -0.3 is 9.69 Å². The van der Waals surface area contributed by atoms with Crippen molar-refractivity contribution in [1.29, 1.82) is 0 Å². The van der Waals surface area contributed by atoms with Crippen molar-refractivity contribution in [3.05, 3.63) is 0 Å². The molecule has 2 heteroatoms. The highest BCUT2D eigenvalue weighted by atomic mass is 16.1. The third-order valence-electron chi connectivity index (χ3n) is 2.73. The largest absolute Gasteiger partial charge is 0.303 e. The van der Waals surface area contributed by atoms with E-state index < -0.39 is 0 Å². The molecular weight excluding hydrogens is 150 g/mol. The summed E-state index contributed by atoms with van der Waals surface area (Å²) in [6.45, 7) is 6.71. The minimum absolute atomic E-state index is 0.328. The van der Waals surface area contributed by atoms with Crippen molar-refractivity contribution in [3.63, 3.8) is 0 Å². The van der Waals surface area contributed by atoms with Crippen LogP contribution in [0.25, 0.3) is 0 Å². The monoisotopic (exact) mass is 169 g/mol. The summed E-state index contributed by atoms with van der Waals surface area (Å²) in [5.74, 6) is 0.328. The van der Waals surface area contributed by atoms with Gasteiger partial charge in [-0.1, -0.05) is 0 Å². The van der Waals surface area contributed by atoms with Gasteiger partial charge in [0.05, 0.1) is 0 Å². The predicted octanol–water partition coefficient (Wildman–Crippen LogP) is 1.70. The minimum atomic E-state index is 0.328. The molecule has 0 unspecified atom stereocenters. The van der Waals surface area contributed by atoms with Crippen molar-refractivity contribution >= 4 is 6.29 Å². The van der Waals surface area contributed by atoms with E-state index in [9.17, 15) is 4.79 Å². The maximum absolute atomic E-state index is 10.6. The fraction of sp³-hybridized carbons (Fsp3) is 0.900. The molecular formula is C10H19NO. The lowest BCUT2D eigenvalue weighted by Crippen LogP contribution is -2.31. The van der Waals surface area contributed by atoms with E-state index in [0.29, 0.717) is 12.0 Å². The van der Waals surface area contributed by atoms with Gasteiger partial charge in [0, 0.05) is 12.0 Å². The molecule has 0 aromatic rings. The Hall–Kier alpha value is -0.370. The minimum Gasteiger partial charge on any atom is -0.303 e. The maximum atomic E-state index is 10.6. The number of nitrogens with zero attached hydrogens (tertiary/aromatic N) is 1. The average molecular weight is 169 g/mol. The Morgan fingerprint density at radius 2 is 2.08 bits per heavy atom. The third-order valence-corrected chi connectivity index (χ3v) is 2.73. The van der Waals surface area contributed by atoms with E-state index in [0.717, 1.165) is 25.7 Å². The van der Waals surface area contributed by atoms with Gasteiger partial charge in [-0.15, -0.1) is 0 Å². The second kappa shape index (κ2) is 4.61. The zero-order valence-corrected chi connectivity index (χ0v) is 8.12. The van der Waals surface area contributed by atoms with Gasteiger partial charge in [0.2, 0.25) is 0 Å². The first kappa shape index (κ1) is 9.72. The topological polar surface area (TPSA) is 20.3 Å². The fourth-order valence-corrected chi connectivity index (χ4v) is 1.80. The molecule has 1 heterocycles. The lowest BCUT2D eigenvalue weighted by Gasteiger charge is -2.23. The summed E-state index contributed by atoms with van der Waals surface area (Å²) in [5, 5.41) is 0. The van der Waals surface area contributed by atoms with Gasteiger partial charge in [-0.2, -0.15) is 0 Å². The van der Waals surface area contributed by atoms with E-state index in [4.69, 9.17) is 0 Å². The Bertz CT molecular complexity index is 145. The van der Waals surface area contributed by atoms with Crippen LogP contribution in [0.3, 0.4) is 0 Å². The summed E-state index contributed by atoms with van der Waals surface area (Å²) in [4.78, 5) is 13.0. The van der Waals surface area contributed by atoms with Crippen molar-refractivity contribution in [2.45, 2.75) is 39.2 Å². The lowest BCUT2D eigenvalue weighted by atomic mass is 10.0. The Labute approximate surface area is 74.9 Å². The fourth-order valence-electron chi connectivity index (χ4n) is 1.80. The average Bonchev–Trinajstić information content (AvgIpc) is 2.28. The van der Waals surface area contributed by atoms with Crippen LogP contribution in [0.2, 0.25) is 0 Å². The number of carbonyl (C=O) groups is 1. The van der Waals surface area contributed by atoms with E-state index >= 15 is 0 Å². The van der Waals surface area contributed by atoms with Gasteiger partial charge in [0.15, 0.2) is 0 Å². The first-order valence-corrected chi connectivity index (χ1v) is 4.93. The smallest absolute Gasteiger partial charge is 0.123 e. The number of carbonyl (C=O) groups excluding carboxylic acids is 1. The molecule has 0 N–H and O–H groups in total. The highest BCUT2D eigenvalue weighted by Crippen LogP contribution is 2.16. The number of aldehydes is 1. The molecule has 70 valence electrons. The molecule has 2 nitrogen and oxygen atoms in total. The summed E-state index contributed by atoms with van der Waals surface area (Å²) in [6, 6.07) is 0.635. The first-order valence-electron chi connectivity index (χ1n) is 4.93. The molecule has 0 aromatic heterocycles. The quantitative estimate of drug-likeness (QED) is 0.586. The Morgan fingerprint density at radius 1 is 1.33 bits per heavy atom. The van der Waals surface area contributed by atoms with Crippen molar-refractivity contribution in [2.75, 3.05) is 13.1 Å². The van der Waals surface area contributed by atoms with Crippen LogP contribution in [0.15, 0.2) is 0 Å². The highest BCUT2D eigenvalue weighted by Gasteiger charge is 2.17. The van der Waals surface area contributed by atoms with Gasteiger partial charge in [0.25, 0.3) is 0 Å². The van der Waals surface area contributed by atoms with E-state index in [2.05, 4.69) is 18.7 Å². The van der Waals surface area contributed by atoms with Crippen molar-refractivity contribution < 1.29 is 4.79 Å². The molecule has 1 rings (SSSR count). The molecule has 0 radical (unpaired) electrons. The summed E-state index contributed by atoms with van der Waals surface area (Å²) in [7, 11) is 0. The zero-order valence-electron chi connectivity index (χ0n) is 8.12. The number of hydrogen-bond donors (Lipinski definition) is 0. The van der Waals surface area contributed by atoms with Crippen LogP contribution in [0, 0.1) is 5.92 Å². The molecule has 1 aliphatic rings. The summed E-state index contributed by atoms with van der Waals surface area (Å²) >= 11 is 0. The van der Waals surface area contributed by atoms with E-state index in [-0.39, 0.29) is 0 Å². The predicted molar refractivity (Wildman–Crippen MR) is 50.1 cm³/mol. The van der Waals surface area contributed by atoms with Crippen LogP contribution in [0.1, 0.15) is 33.1 Å². The second-order valence-corrected chi connectivity index (χ2v) is 3.96. The number of likely N-dealkylation sites (tertiary alicyclic amines) is 1. The maximum Gasteiger partial charge on any atom is 0.123 e. The van der Waals surface area contributed by atoms with Crippen LogP contribution in [0.5, 0.6) is 0 Å². The van der Waals surface area contributed by atoms with E-state index in [1.807, 2.05) is 0 Å². The van der Waals surface area contributed by atoms with Crippen LogP contribution in [-0.4, -0.2) is 30.3 Å². The molecule has 0 aromatic carbocycles. The first-order chi connectivity index (χ1) is 5.74. The molecule has 1 fully saturated rings. The van der Waals surface area contributed by atoms with Crippen LogP contribution in [0.4, 0.5) is 0 Å². The Balaban J connectivity index is 2.38. The summed E-state index contributed by atoms with van der Waals surface area (Å²) in [5.41, 5.74) is 0. The molecule has 1 atom stereocenters. The molecule has 0 spiro atoms. The van der Waals surface area contributed by atoms with Gasteiger partial charge in [-0.3, -0.25) is 0 Å². The number of hydrogen-bond acceptors (Lipinski definition) is 2. The Morgan fingerprint density at radius 3 is 2.67 bits per heavy atom. The van der Waals surface area contributed by atoms with Crippen LogP contribution >= 0.6 is 0 Å². The molecule has 1 saturated heterocycles. The number of rotatable bonds is 2. The third kappa shape index (κ3) is 2.59. The van der Waals surface area contributed by atoms with Gasteiger partial charge in [-0.25, -0.2) is 0 Å². The molecule has 0 saturated carbocycles. The van der Waals surface area contributed by atoms with Crippen LogP contribution in [-0.2, 0) is 4.79 Å². The lowest BCUT2D eigenvalue weighted by molar-refractivity contribution is -0.111. The zero-order chi connectivity index (χ0) is 8.97. The van der Waals surface area contributed by atoms with Crippen molar-refractivity contribution in [1.82, 2.24) is 4.90 Å². The van der Waals surface area contributed by atoms with Crippen molar-refractivity contribution in [2.24, 2.45) is 5.92 Å². The van der Waals surface area contributed by atoms with Gasteiger partial charge in [0.1, 0.15) is 6.29 Å². The molecule has 0 bridgehead atoms. The van der Waals surface area contributed by atoms with E-state index in [1.165, 1.54) is 13.0 Å². The summed E-state index contributed by atoms with van der Waals surface area (Å²) < 4.78 is 0. The molecule has 1 aliphatic heterocycles. The standard InChI is InChI=1S/C10H19NO/c1-9(2)11-6-3-4-10(8-12)5-7-11/h8-10H,3-7H2,1-2H3/t10-/m0/s1.